The van der Waals surface area contributed by atoms with Crippen LogP contribution in [0.15, 0.2) is 24.3 Å². The first kappa shape index (κ1) is 13.2. The summed E-state index contributed by atoms with van der Waals surface area (Å²) in [5, 5.41) is 6.12. The summed E-state index contributed by atoms with van der Waals surface area (Å²) in [5.74, 6) is 0. The molecule has 1 aliphatic rings. The number of carbonyl (C=O) groups excluding carboxylic acids is 1. The molecule has 0 bridgehead atoms. The van der Waals surface area contributed by atoms with Gasteiger partial charge in [-0.05, 0) is 31.9 Å². The molecule has 1 aliphatic heterocycles. The number of anilines is 1. The molecule has 0 saturated carbocycles. The fourth-order valence-electron chi connectivity index (χ4n) is 2.02. The van der Waals surface area contributed by atoms with E-state index in [0.717, 1.165) is 19.4 Å². The van der Waals surface area contributed by atoms with Gasteiger partial charge in [0.05, 0.1) is 22.9 Å². The van der Waals surface area contributed by atoms with E-state index in [1.165, 1.54) is 0 Å². The number of benzene rings is 1. The van der Waals surface area contributed by atoms with Crippen molar-refractivity contribution in [2.45, 2.75) is 31.9 Å². The highest BCUT2D eigenvalue weighted by molar-refractivity contribution is 6.33. The van der Waals surface area contributed by atoms with Gasteiger partial charge >= 0.3 is 6.03 Å². The summed E-state index contributed by atoms with van der Waals surface area (Å²) in [5.41, 5.74) is 0.608. The lowest BCUT2D eigenvalue weighted by Gasteiger charge is -2.20. The van der Waals surface area contributed by atoms with Gasteiger partial charge in [0.2, 0.25) is 0 Å². The maximum atomic E-state index is 11.8. The summed E-state index contributed by atoms with van der Waals surface area (Å²) < 4.78 is 5.52. The minimum atomic E-state index is -0.258. The van der Waals surface area contributed by atoms with Crippen molar-refractivity contribution >= 4 is 23.3 Å². The third-order valence-electron chi connectivity index (χ3n) is 3.00. The minimum Gasteiger partial charge on any atom is -0.376 e. The Labute approximate surface area is 112 Å². The molecule has 1 heterocycles. The number of hydrogen-bond acceptors (Lipinski definition) is 2. The fraction of sp³-hybridized carbons (Fsp3) is 0.462. The van der Waals surface area contributed by atoms with Crippen molar-refractivity contribution in [2.75, 3.05) is 11.9 Å². The first-order chi connectivity index (χ1) is 8.66. The molecule has 1 saturated heterocycles. The summed E-state index contributed by atoms with van der Waals surface area (Å²) in [6, 6.07) is 6.88. The standard InChI is InChI=1S/C13H17ClN2O2/c1-9(12-7-4-8-18-12)15-13(17)16-11-6-3-2-5-10(11)14/h2-3,5-6,9,12H,4,7-8H2,1H3,(H2,15,16,17)/t9-,12-/m0/s1. The number of nitrogens with one attached hydrogen (secondary N) is 2. The maximum absolute atomic E-state index is 11.8. The Morgan fingerprint density at radius 1 is 1.50 bits per heavy atom. The van der Waals surface area contributed by atoms with Crippen molar-refractivity contribution in [3.05, 3.63) is 29.3 Å². The van der Waals surface area contributed by atoms with Gasteiger partial charge in [-0.25, -0.2) is 4.79 Å². The number of urea groups is 1. The van der Waals surface area contributed by atoms with Crippen LogP contribution in [0.2, 0.25) is 5.02 Å². The lowest BCUT2D eigenvalue weighted by atomic mass is 10.1. The van der Waals surface area contributed by atoms with Gasteiger partial charge in [-0.3, -0.25) is 0 Å². The molecule has 1 aromatic carbocycles. The van der Waals surface area contributed by atoms with E-state index < -0.39 is 0 Å². The van der Waals surface area contributed by atoms with E-state index in [-0.39, 0.29) is 18.2 Å². The molecule has 0 aromatic heterocycles. The van der Waals surface area contributed by atoms with Gasteiger partial charge in [0.1, 0.15) is 0 Å². The highest BCUT2D eigenvalue weighted by Gasteiger charge is 2.23. The van der Waals surface area contributed by atoms with E-state index in [1.54, 1.807) is 12.1 Å². The number of para-hydroxylation sites is 1. The van der Waals surface area contributed by atoms with Crippen LogP contribution in [0.1, 0.15) is 19.8 Å². The lowest BCUT2D eigenvalue weighted by Crippen LogP contribution is -2.43. The normalized spacial score (nSPS) is 20.4. The molecule has 0 radical (unpaired) electrons. The van der Waals surface area contributed by atoms with Gasteiger partial charge in [0.15, 0.2) is 0 Å². The van der Waals surface area contributed by atoms with E-state index in [4.69, 9.17) is 16.3 Å². The summed E-state index contributed by atoms with van der Waals surface area (Å²) >= 11 is 5.96. The number of ether oxygens (including phenoxy) is 1. The second kappa shape index (κ2) is 6.07. The van der Waals surface area contributed by atoms with Crippen LogP contribution in [0.5, 0.6) is 0 Å². The van der Waals surface area contributed by atoms with Gasteiger partial charge in [-0.1, -0.05) is 23.7 Å². The molecule has 4 nitrogen and oxygen atoms in total. The van der Waals surface area contributed by atoms with Crippen molar-refractivity contribution in [3.8, 4) is 0 Å². The Morgan fingerprint density at radius 2 is 2.28 bits per heavy atom. The summed E-state index contributed by atoms with van der Waals surface area (Å²) in [6.45, 7) is 2.73. The first-order valence-electron chi connectivity index (χ1n) is 6.10. The quantitative estimate of drug-likeness (QED) is 0.885. The predicted octanol–water partition coefficient (Wildman–Crippen LogP) is 3.03. The molecule has 2 rings (SSSR count). The van der Waals surface area contributed by atoms with E-state index >= 15 is 0 Å². The molecular weight excluding hydrogens is 252 g/mol. The van der Waals surface area contributed by atoms with Crippen molar-refractivity contribution in [2.24, 2.45) is 0 Å². The van der Waals surface area contributed by atoms with Crippen LogP contribution in [0.3, 0.4) is 0 Å². The average molecular weight is 269 g/mol. The van der Waals surface area contributed by atoms with Crippen LogP contribution in [0, 0.1) is 0 Å². The topological polar surface area (TPSA) is 50.4 Å². The number of amides is 2. The fourth-order valence-corrected chi connectivity index (χ4v) is 2.20. The summed E-state index contributed by atoms with van der Waals surface area (Å²) in [4.78, 5) is 11.8. The molecule has 0 unspecified atom stereocenters. The zero-order chi connectivity index (χ0) is 13.0. The van der Waals surface area contributed by atoms with Crippen molar-refractivity contribution in [1.29, 1.82) is 0 Å². The smallest absolute Gasteiger partial charge is 0.319 e. The van der Waals surface area contributed by atoms with Crippen LogP contribution in [-0.2, 0) is 4.74 Å². The number of hydrogen-bond donors (Lipinski definition) is 2. The van der Waals surface area contributed by atoms with E-state index in [2.05, 4.69) is 10.6 Å². The van der Waals surface area contributed by atoms with E-state index in [9.17, 15) is 4.79 Å². The molecule has 0 aliphatic carbocycles. The molecule has 5 heteroatoms. The van der Waals surface area contributed by atoms with Crippen molar-refractivity contribution in [1.82, 2.24) is 5.32 Å². The van der Waals surface area contributed by atoms with Gasteiger partial charge in [-0.15, -0.1) is 0 Å². The van der Waals surface area contributed by atoms with Crippen LogP contribution in [0.4, 0.5) is 10.5 Å². The van der Waals surface area contributed by atoms with Crippen LogP contribution in [0.25, 0.3) is 0 Å². The van der Waals surface area contributed by atoms with Crippen LogP contribution in [-0.4, -0.2) is 24.8 Å². The zero-order valence-electron chi connectivity index (χ0n) is 10.3. The third-order valence-corrected chi connectivity index (χ3v) is 3.33. The van der Waals surface area contributed by atoms with Gasteiger partial charge in [0.25, 0.3) is 0 Å². The Bertz CT molecular complexity index is 419. The predicted molar refractivity (Wildman–Crippen MR) is 72.0 cm³/mol. The number of rotatable bonds is 3. The van der Waals surface area contributed by atoms with Crippen molar-refractivity contribution < 1.29 is 9.53 Å². The summed E-state index contributed by atoms with van der Waals surface area (Å²) in [7, 11) is 0. The molecular formula is C13H17ClN2O2. The molecule has 2 N–H and O–H groups in total. The van der Waals surface area contributed by atoms with Crippen LogP contribution < -0.4 is 10.6 Å². The molecule has 2 amide bonds. The molecule has 2 atom stereocenters. The van der Waals surface area contributed by atoms with Gasteiger partial charge < -0.3 is 15.4 Å². The van der Waals surface area contributed by atoms with Crippen LogP contribution >= 0.6 is 11.6 Å². The Morgan fingerprint density at radius 3 is 2.94 bits per heavy atom. The van der Waals surface area contributed by atoms with Gasteiger partial charge in [0, 0.05) is 6.61 Å². The number of halogens is 1. The second-order valence-electron chi connectivity index (χ2n) is 4.42. The van der Waals surface area contributed by atoms with E-state index in [0.29, 0.717) is 10.7 Å². The molecule has 1 aromatic rings. The van der Waals surface area contributed by atoms with E-state index in [1.807, 2.05) is 19.1 Å². The van der Waals surface area contributed by atoms with Gasteiger partial charge in [-0.2, -0.15) is 0 Å². The first-order valence-corrected chi connectivity index (χ1v) is 6.48. The highest BCUT2D eigenvalue weighted by atomic mass is 35.5. The summed E-state index contributed by atoms with van der Waals surface area (Å²) in [6.07, 6.45) is 2.16. The SMILES string of the molecule is C[C@H](NC(=O)Nc1ccccc1Cl)[C@@H]1CCCO1. The zero-order valence-corrected chi connectivity index (χ0v) is 11.0. The van der Waals surface area contributed by atoms with Crippen molar-refractivity contribution in [3.63, 3.8) is 0 Å². The highest BCUT2D eigenvalue weighted by Crippen LogP contribution is 2.20. The Hall–Kier alpha value is -1.26. The number of carbonyl (C=O) groups is 1. The maximum Gasteiger partial charge on any atom is 0.319 e. The molecule has 98 valence electrons. The Kier molecular flexibility index (Phi) is 4.44. The largest absolute Gasteiger partial charge is 0.376 e. The molecule has 0 spiro atoms. The third kappa shape index (κ3) is 3.37. The molecule has 18 heavy (non-hydrogen) atoms. The second-order valence-corrected chi connectivity index (χ2v) is 4.83. The average Bonchev–Trinajstić information content (AvgIpc) is 2.85. The Balaban J connectivity index is 1.86. The molecule has 1 fully saturated rings. The minimum absolute atomic E-state index is 0.00464. The monoisotopic (exact) mass is 268 g/mol. The lowest BCUT2D eigenvalue weighted by molar-refractivity contribution is 0.0868.